The van der Waals surface area contributed by atoms with Gasteiger partial charge in [0.05, 0.1) is 6.20 Å². The van der Waals surface area contributed by atoms with Crippen molar-refractivity contribution in [3.05, 3.63) is 41.7 Å². The molecule has 0 atom stereocenters. The predicted octanol–water partition coefficient (Wildman–Crippen LogP) is 2.41. The minimum Gasteiger partial charge on any atom is -0.389 e. The molecule has 4 nitrogen and oxygen atoms in total. The Morgan fingerprint density at radius 3 is 2.80 bits per heavy atom. The summed E-state index contributed by atoms with van der Waals surface area (Å²) in [5.74, 6) is 0. The molecule has 0 spiro atoms. The summed E-state index contributed by atoms with van der Waals surface area (Å²) < 4.78 is 1.80. The molecule has 0 amide bonds. The minimum atomic E-state index is 0.433. The van der Waals surface area contributed by atoms with E-state index in [4.69, 9.17) is 18.0 Å². The molecule has 1 aromatic heterocycles. The van der Waals surface area contributed by atoms with Gasteiger partial charge in [0, 0.05) is 48.5 Å². The predicted molar refractivity (Wildman–Crippen MR) is 89.4 cm³/mol. The van der Waals surface area contributed by atoms with Crippen molar-refractivity contribution >= 4 is 34.7 Å². The van der Waals surface area contributed by atoms with E-state index in [9.17, 15) is 0 Å². The summed E-state index contributed by atoms with van der Waals surface area (Å²) in [7, 11) is 3.95. The molecular formula is C14H18N4S2. The van der Waals surface area contributed by atoms with Crippen LogP contribution in [-0.2, 0) is 13.6 Å². The number of aromatic nitrogens is 2. The Kier molecular flexibility index (Phi) is 4.67. The van der Waals surface area contributed by atoms with Crippen molar-refractivity contribution in [1.82, 2.24) is 9.78 Å². The number of hydrogen-bond acceptors (Lipinski definition) is 4. The van der Waals surface area contributed by atoms with Gasteiger partial charge in [-0.05, 0) is 18.4 Å². The van der Waals surface area contributed by atoms with Gasteiger partial charge in [-0.25, -0.2) is 0 Å². The van der Waals surface area contributed by atoms with Crippen LogP contribution in [0.4, 0.5) is 5.69 Å². The molecule has 0 radical (unpaired) electrons. The van der Waals surface area contributed by atoms with E-state index >= 15 is 0 Å². The number of thioether (sulfide) groups is 1. The molecule has 0 aliphatic rings. The van der Waals surface area contributed by atoms with Gasteiger partial charge in [-0.2, -0.15) is 5.10 Å². The number of benzene rings is 1. The van der Waals surface area contributed by atoms with E-state index in [0.717, 1.165) is 28.3 Å². The number of hydrogen-bond donors (Lipinski definition) is 1. The number of anilines is 1. The molecule has 0 aliphatic heterocycles. The molecule has 0 saturated carbocycles. The Balaban J connectivity index is 2.34. The standard InChI is InChI=1S/C14H18N4S2/c1-17(8-10-7-16-18(2)9-10)11-5-4-6-12(20-3)13(11)14(15)19/h4-7,9H,8H2,1-3H3,(H2,15,19). The van der Waals surface area contributed by atoms with Gasteiger partial charge in [0.1, 0.15) is 4.99 Å². The summed E-state index contributed by atoms with van der Waals surface area (Å²) >= 11 is 6.87. The molecule has 20 heavy (non-hydrogen) atoms. The molecule has 1 heterocycles. The van der Waals surface area contributed by atoms with Gasteiger partial charge < -0.3 is 10.6 Å². The van der Waals surface area contributed by atoms with Crippen LogP contribution in [0.25, 0.3) is 0 Å². The zero-order chi connectivity index (χ0) is 14.7. The quantitative estimate of drug-likeness (QED) is 0.679. The molecule has 1 aromatic carbocycles. The third-order valence-corrected chi connectivity index (χ3v) is 4.04. The van der Waals surface area contributed by atoms with Crippen molar-refractivity contribution in [2.24, 2.45) is 12.8 Å². The Morgan fingerprint density at radius 2 is 2.25 bits per heavy atom. The van der Waals surface area contributed by atoms with Gasteiger partial charge in [0.15, 0.2) is 0 Å². The van der Waals surface area contributed by atoms with Gasteiger partial charge in [-0.15, -0.1) is 11.8 Å². The Labute approximate surface area is 129 Å². The molecular weight excluding hydrogens is 288 g/mol. The second-order valence-corrected chi connectivity index (χ2v) is 5.88. The average molecular weight is 306 g/mol. The van der Waals surface area contributed by atoms with E-state index in [-0.39, 0.29) is 0 Å². The summed E-state index contributed by atoms with van der Waals surface area (Å²) in [6.45, 7) is 0.765. The van der Waals surface area contributed by atoms with E-state index < -0.39 is 0 Å². The topological polar surface area (TPSA) is 47.1 Å². The number of thiocarbonyl (C=S) groups is 1. The maximum atomic E-state index is 5.90. The molecule has 0 aliphatic carbocycles. The first-order valence-electron chi connectivity index (χ1n) is 6.18. The van der Waals surface area contributed by atoms with Gasteiger partial charge in [-0.3, -0.25) is 4.68 Å². The first-order valence-corrected chi connectivity index (χ1v) is 7.81. The highest BCUT2D eigenvalue weighted by Crippen LogP contribution is 2.29. The number of rotatable bonds is 5. The van der Waals surface area contributed by atoms with Crippen LogP contribution in [0.1, 0.15) is 11.1 Å². The summed E-state index contributed by atoms with van der Waals surface area (Å²) in [4.78, 5) is 3.68. The monoisotopic (exact) mass is 306 g/mol. The molecule has 2 N–H and O–H groups in total. The fourth-order valence-corrected chi connectivity index (χ4v) is 3.08. The van der Waals surface area contributed by atoms with Crippen molar-refractivity contribution < 1.29 is 0 Å². The van der Waals surface area contributed by atoms with E-state index in [1.165, 1.54) is 0 Å². The molecule has 0 fully saturated rings. The van der Waals surface area contributed by atoms with Crippen LogP contribution in [0.5, 0.6) is 0 Å². The first-order chi connectivity index (χ1) is 9.52. The van der Waals surface area contributed by atoms with Gasteiger partial charge in [0.25, 0.3) is 0 Å². The zero-order valence-corrected chi connectivity index (χ0v) is 13.5. The van der Waals surface area contributed by atoms with Crippen LogP contribution in [0.2, 0.25) is 0 Å². The molecule has 106 valence electrons. The van der Waals surface area contributed by atoms with Crippen LogP contribution >= 0.6 is 24.0 Å². The van der Waals surface area contributed by atoms with Gasteiger partial charge in [-0.1, -0.05) is 18.3 Å². The SMILES string of the molecule is CSc1cccc(N(C)Cc2cnn(C)c2)c1C(N)=S. The molecule has 2 aromatic rings. The second-order valence-electron chi connectivity index (χ2n) is 4.60. The van der Waals surface area contributed by atoms with E-state index in [1.54, 1.807) is 16.4 Å². The third kappa shape index (κ3) is 3.13. The maximum Gasteiger partial charge on any atom is 0.107 e. The van der Waals surface area contributed by atoms with Crippen LogP contribution in [0, 0.1) is 0 Å². The van der Waals surface area contributed by atoms with E-state index in [0.29, 0.717) is 4.99 Å². The largest absolute Gasteiger partial charge is 0.389 e. The molecule has 0 unspecified atom stereocenters. The minimum absolute atomic E-state index is 0.433. The smallest absolute Gasteiger partial charge is 0.107 e. The van der Waals surface area contributed by atoms with Gasteiger partial charge in [0.2, 0.25) is 0 Å². The van der Waals surface area contributed by atoms with Gasteiger partial charge >= 0.3 is 0 Å². The first kappa shape index (κ1) is 14.9. The van der Waals surface area contributed by atoms with Crippen LogP contribution in [0.3, 0.4) is 0 Å². The number of nitrogens with zero attached hydrogens (tertiary/aromatic N) is 3. The van der Waals surface area contributed by atoms with Crippen LogP contribution in [-0.4, -0.2) is 28.1 Å². The summed E-state index contributed by atoms with van der Waals surface area (Å²) in [5.41, 5.74) is 9.05. The summed E-state index contributed by atoms with van der Waals surface area (Å²) in [6.07, 6.45) is 5.91. The van der Waals surface area contributed by atoms with Crippen molar-refractivity contribution in [1.29, 1.82) is 0 Å². The van der Waals surface area contributed by atoms with Crippen LogP contribution < -0.4 is 10.6 Å². The highest BCUT2D eigenvalue weighted by Gasteiger charge is 2.14. The fourth-order valence-electron chi connectivity index (χ4n) is 2.17. The molecule has 2 rings (SSSR count). The van der Waals surface area contributed by atoms with E-state index in [2.05, 4.69) is 10.00 Å². The highest BCUT2D eigenvalue weighted by molar-refractivity contribution is 7.98. The Morgan fingerprint density at radius 1 is 1.50 bits per heavy atom. The lowest BCUT2D eigenvalue weighted by atomic mass is 10.1. The normalized spacial score (nSPS) is 10.6. The zero-order valence-electron chi connectivity index (χ0n) is 11.8. The lowest BCUT2D eigenvalue weighted by molar-refractivity contribution is 0.766. The lowest BCUT2D eigenvalue weighted by Gasteiger charge is -2.23. The third-order valence-electron chi connectivity index (χ3n) is 3.06. The van der Waals surface area contributed by atoms with Crippen LogP contribution in [0.15, 0.2) is 35.5 Å². The van der Waals surface area contributed by atoms with Crippen molar-refractivity contribution in [2.45, 2.75) is 11.4 Å². The summed E-state index contributed by atoms with van der Waals surface area (Å²) in [6, 6.07) is 6.12. The highest BCUT2D eigenvalue weighted by atomic mass is 32.2. The van der Waals surface area contributed by atoms with Crippen molar-refractivity contribution in [3.8, 4) is 0 Å². The maximum absolute atomic E-state index is 5.90. The van der Waals surface area contributed by atoms with Crippen molar-refractivity contribution in [2.75, 3.05) is 18.2 Å². The number of aryl methyl sites for hydroxylation is 1. The molecule has 0 saturated heterocycles. The molecule has 6 heteroatoms. The van der Waals surface area contributed by atoms with E-state index in [1.807, 2.05) is 50.9 Å². The average Bonchev–Trinajstić information content (AvgIpc) is 2.82. The van der Waals surface area contributed by atoms with Crippen molar-refractivity contribution in [3.63, 3.8) is 0 Å². The lowest BCUT2D eigenvalue weighted by Crippen LogP contribution is -2.22. The fraction of sp³-hybridized carbons (Fsp3) is 0.286. The molecule has 0 bridgehead atoms. The number of nitrogens with two attached hydrogens (primary N) is 1. The Bertz CT molecular complexity index is 621. The second kappa shape index (κ2) is 6.28. The summed E-state index contributed by atoms with van der Waals surface area (Å²) in [5, 5.41) is 4.19. The Hall–Kier alpha value is -1.53.